The molecule has 0 bridgehead atoms. The van der Waals surface area contributed by atoms with E-state index < -0.39 is 0 Å². The van der Waals surface area contributed by atoms with Crippen LogP contribution in [-0.2, 0) is 6.61 Å². The van der Waals surface area contributed by atoms with Crippen molar-refractivity contribution in [2.75, 3.05) is 0 Å². The molecule has 7 rings (SSSR count). The number of rotatable bonds is 6. The molecule has 7 nitrogen and oxygen atoms in total. The van der Waals surface area contributed by atoms with Gasteiger partial charge >= 0.3 is 0 Å². The number of aromatic nitrogens is 6. The van der Waals surface area contributed by atoms with Crippen LogP contribution < -0.4 is 4.74 Å². The lowest BCUT2D eigenvalue weighted by Crippen LogP contribution is -1.95. The zero-order valence-electron chi connectivity index (χ0n) is 20.3. The molecule has 0 aliphatic heterocycles. The molecule has 38 heavy (non-hydrogen) atoms. The molecule has 182 valence electrons. The van der Waals surface area contributed by atoms with Crippen LogP contribution in [0, 0.1) is 0 Å². The summed E-state index contributed by atoms with van der Waals surface area (Å²) < 4.78 is 6.00. The topological polar surface area (TPSA) is 92.4 Å². The average molecular weight is 495 g/mol. The lowest BCUT2D eigenvalue weighted by Gasteiger charge is -2.08. The fraction of sp³-hybridized carbons (Fsp3) is 0.0323. The molecule has 0 radical (unpaired) electrons. The molecular weight excluding hydrogens is 472 g/mol. The third kappa shape index (κ3) is 4.06. The normalized spacial score (nSPS) is 11.3. The van der Waals surface area contributed by atoms with Crippen LogP contribution in [0.4, 0.5) is 0 Å². The predicted octanol–water partition coefficient (Wildman–Crippen LogP) is 6.81. The number of pyridine rings is 3. The van der Waals surface area contributed by atoms with E-state index >= 15 is 0 Å². The second kappa shape index (κ2) is 9.29. The van der Waals surface area contributed by atoms with Gasteiger partial charge in [-0.15, -0.1) is 0 Å². The molecule has 5 heterocycles. The van der Waals surface area contributed by atoms with Gasteiger partial charge in [-0.1, -0.05) is 42.5 Å². The first-order valence-electron chi connectivity index (χ1n) is 12.3. The number of H-pyrrole nitrogens is 2. The third-order valence-electron chi connectivity index (χ3n) is 6.63. The summed E-state index contributed by atoms with van der Waals surface area (Å²) in [5.41, 5.74) is 8.83. The quantitative estimate of drug-likeness (QED) is 0.265. The van der Waals surface area contributed by atoms with Crippen molar-refractivity contribution in [1.82, 2.24) is 30.1 Å². The molecule has 0 fully saturated rings. The first kappa shape index (κ1) is 21.9. The molecule has 2 aromatic carbocycles. The molecule has 0 atom stereocenters. The second-order valence-corrected chi connectivity index (χ2v) is 9.09. The monoisotopic (exact) mass is 494 g/mol. The zero-order valence-corrected chi connectivity index (χ0v) is 20.3. The van der Waals surface area contributed by atoms with Gasteiger partial charge in [-0.3, -0.25) is 20.1 Å². The first-order chi connectivity index (χ1) is 18.8. The summed E-state index contributed by atoms with van der Waals surface area (Å²) in [5, 5.41) is 9.91. The Bertz CT molecular complexity index is 1880. The van der Waals surface area contributed by atoms with Crippen LogP contribution >= 0.6 is 0 Å². The van der Waals surface area contributed by atoms with Crippen molar-refractivity contribution in [3.05, 3.63) is 116 Å². The molecule has 7 aromatic rings. The molecule has 5 aromatic heterocycles. The highest BCUT2D eigenvalue weighted by atomic mass is 16.5. The Morgan fingerprint density at radius 3 is 2.45 bits per heavy atom. The number of hydrogen-bond donors (Lipinski definition) is 2. The molecule has 0 spiro atoms. The molecule has 0 amide bonds. The van der Waals surface area contributed by atoms with Crippen molar-refractivity contribution in [2.24, 2.45) is 0 Å². The van der Waals surface area contributed by atoms with Crippen LogP contribution in [0.3, 0.4) is 0 Å². The van der Waals surface area contributed by atoms with Gasteiger partial charge in [-0.2, -0.15) is 5.10 Å². The number of hydrogen-bond acceptors (Lipinski definition) is 5. The maximum atomic E-state index is 6.00. The maximum Gasteiger partial charge on any atom is 0.138 e. The van der Waals surface area contributed by atoms with Crippen LogP contribution in [0.5, 0.6) is 5.75 Å². The SMILES string of the molecule is c1ccc(COc2cncc(-c3ccc4[nH]nc(-c5cc6c(-c7cccnc7)cncc6[nH]5)c4c3)c2)cc1. The molecule has 0 saturated carbocycles. The van der Waals surface area contributed by atoms with Crippen LogP contribution in [0.15, 0.2) is 110 Å². The Labute approximate surface area is 218 Å². The van der Waals surface area contributed by atoms with Crippen molar-refractivity contribution < 1.29 is 4.74 Å². The van der Waals surface area contributed by atoms with Crippen LogP contribution in [0.2, 0.25) is 0 Å². The standard InChI is InChI=1S/C31H22N6O/c1-2-5-20(6-3-1)19-38-24-11-23(15-33-16-24)21-8-9-28-26(12-21)31(37-36-28)29-13-25-27(17-34-18-30(25)35-29)22-7-4-10-32-14-22/h1-18,35H,19H2,(H,36,37). The molecule has 0 aliphatic carbocycles. The minimum Gasteiger partial charge on any atom is -0.487 e. The Morgan fingerprint density at radius 1 is 0.658 bits per heavy atom. The second-order valence-electron chi connectivity index (χ2n) is 9.09. The van der Waals surface area contributed by atoms with Crippen molar-refractivity contribution in [2.45, 2.75) is 6.61 Å². The smallest absolute Gasteiger partial charge is 0.138 e. The number of fused-ring (bicyclic) bond motifs is 2. The summed E-state index contributed by atoms with van der Waals surface area (Å²) in [5.74, 6) is 0.727. The minimum absolute atomic E-state index is 0.493. The Hall–Kier alpha value is -5.30. The summed E-state index contributed by atoms with van der Waals surface area (Å²) in [4.78, 5) is 16.6. The van der Waals surface area contributed by atoms with Gasteiger partial charge in [0, 0.05) is 52.3 Å². The maximum absolute atomic E-state index is 6.00. The van der Waals surface area contributed by atoms with Crippen molar-refractivity contribution in [1.29, 1.82) is 0 Å². The van der Waals surface area contributed by atoms with Gasteiger partial charge in [0.1, 0.15) is 18.1 Å². The van der Waals surface area contributed by atoms with Gasteiger partial charge in [0.15, 0.2) is 0 Å². The van der Waals surface area contributed by atoms with Crippen molar-refractivity contribution in [3.63, 3.8) is 0 Å². The molecular formula is C31H22N6O. The van der Waals surface area contributed by atoms with E-state index in [1.54, 1.807) is 12.4 Å². The van der Waals surface area contributed by atoms with Crippen molar-refractivity contribution >= 4 is 21.8 Å². The first-order valence-corrected chi connectivity index (χ1v) is 12.3. The fourth-order valence-corrected chi connectivity index (χ4v) is 4.73. The van der Waals surface area contributed by atoms with Gasteiger partial charge in [-0.25, -0.2) is 0 Å². The van der Waals surface area contributed by atoms with Gasteiger partial charge in [0.05, 0.1) is 29.1 Å². The molecule has 0 saturated heterocycles. The van der Waals surface area contributed by atoms with E-state index in [9.17, 15) is 0 Å². The molecule has 7 heteroatoms. The summed E-state index contributed by atoms with van der Waals surface area (Å²) in [6.07, 6.45) is 10.9. The lowest BCUT2D eigenvalue weighted by atomic mass is 10.0. The number of aromatic amines is 2. The summed E-state index contributed by atoms with van der Waals surface area (Å²) >= 11 is 0. The fourth-order valence-electron chi connectivity index (χ4n) is 4.73. The van der Waals surface area contributed by atoms with Crippen LogP contribution in [0.25, 0.3) is 55.4 Å². The van der Waals surface area contributed by atoms with Gasteiger partial charge < -0.3 is 9.72 Å². The van der Waals surface area contributed by atoms with Gasteiger partial charge in [0.25, 0.3) is 0 Å². The molecule has 0 aliphatic rings. The van der Waals surface area contributed by atoms with E-state index in [1.165, 1.54) is 0 Å². The van der Waals surface area contributed by atoms with E-state index in [-0.39, 0.29) is 0 Å². The number of ether oxygens (including phenoxy) is 1. The highest BCUT2D eigenvalue weighted by Crippen LogP contribution is 2.35. The van der Waals surface area contributed by atoms with E-state index in [0.717, 1.165) is 66.8 Å². The van der Waals surface area contributed by atoms with E-state index in [2.05, 4.69) is 48.3 Å². The highest BCUT2D eigenvalue weighted by molar-refractivity contribution is 6.01. The third-order valence-corrected chi connectivity index (χ3v) is 6.63. The van der Waals surface area contributed by atoms with E-state index in [0.29, 0.717) is 6.61 Å². The molecule has 2 N–H and O–H groups in total. The van der Waals surface area contributed by atoms with Crippen molar-refractivity contribution in [3.8, 4) is 39.4 Å². The Kier molecular flexibility index (Phi) is 5.37. The van der Waals surface area contributed by atoms with Gasteiger partial charge in [0.2, 0.25) is 0 Å². The molecule has 0 unspecified atom stereocenters. The summed E-state index contributed by atoms with van der Waals surface area (Å²) in [6.45, 7) is 0.493. The van der Waals surface area contributed by atoms with Crippen LogP contribution in [-0.4, -0.2) is 30.1 Å². The van der Waals surface area contributed by atoms with E-state index in [4.69, 9.17) is 4.74 Å². The van der Waals surface area contributed by atoms with E-state index in [1.807, 2.05) is 79.4 Å². The summed E-state index contributed by atoms with van der Waals surface area (Å²) in [7, 11) is 0. The summed E-state index contributed by atoms with van der Waals surface area (Å²) in [6, 6.07) is 24.5. The number of nitrogens with zero attached hydrogens (tertiary/aromatic N) is 4. The van der Waals surface area contributed by atoms with Crippen LogP contribution in [0.1, 0.15) is 5.56 Å². The Balaban J connectivity index is 1.24. The minimum atomic E-state index is 0.493. The highest BCUT2D eigenvalue weighted by Gasteiger charge is 2.15. The largest absolute Gasteiger partial charge is 0.487 e. The Morgan fingerprint density at radius 2 is 1.55 bits per heavy atom. The number of benzene rings is 2. The average Bonchev–Trinajstić information content (AvgIpc) is 3.61. The lowest BCUT2D eigenvalue weighted by molar-refractivity contribution is 0.305. The zero-order chi connectivity index (χ0) is 25.3. The predicted molar refractivity (Wildman–Crippen MR) is 148 cm³/mol. The van der Waals surface area contributed by atoms with Gasteiger partial charge in [-0.05, 0) is 41.5 Å². The number of nitrogens with one attached hydrogen (secondary N) is 2.